The molecule has 0 aliphatic carbocycles. The fourth-order valence-corrected chi connectivity index (χ4v) is 3.70. The van der Waals surface area contributed by atoms with E-state index in [1.54, 1.807) is 0 Å². The Kier molecular flexibility index (Phi) is 7.46. The lowest BCUT2D eigenvalue weighted by atomic mass is 9.98. The summed E-state index contributed by atoms with van der Waals surface area (Å²) in [5.74, 6) is 0.125. The second-order valence-corrected chi connectivity index (χ2v) is 7.32. The van der Waals surface area contributed by atoms with Gasteiger partial charge in [-0.05, 0) is 42.8 Å². The van der Waals surface area contributed by atoms with Crippen LogP contribution >= 0.6 is 0 Å². The van der Waals surface area contributed by atoms with Gasteiger partial charge in [0, 0.05) is 38.4 Å². The molecule has 1 amide bonds. The number of nitrogens with one attached hydrogen (secondary N) is 2. The third kappa shape index (κ3) is 5.33. The SMILES string of the molecule is CCN1CCc2cccc(NCC(=O)N(CCNC)Cc3ccccc3)c2C1. The maximum absolute atomic E-state index is 12.9. The molecular weight excluding hydrogens is 348 g/mol. The minimum absolute atomic E-state index is 0.125. The van der Waals surface area contributed by atoms with Crippen LogP contribution in [0.1, 0.15) is 23.6 Å². The number of benzene rings is 2. The molecule has 0 unspecified atom stereocenters. The van der Waals surface area contributed by atoms with Crippen molar-refractivity contribution < 1.29 is 4.79 Å². The summed E-state index contributed by atoms with van der Waals surface area (Å²) in [5, 5.41) is 6.57. The number of hydrogen-bond donors (Lipinski definition) is 2. The van der Waals surface area contributed by atoms with Crippen molar-refractivity contribution in [3.8, 4) is 0 Å². The van der Waals surface area contributed by atoms with Crippen molar-refractivity contribution in [1.29, 1.82) is 0 Å². The standard InChI is InChI=1S/C23H32N4O/c1-3-26-14-12-20-10-7-11-22(21(20)18-26)25-16-23(28)27(15-13-24-2)17-19-8-5-4-6-9-19/h4-11,24-25H,3,12-18H2,1-2H3. The molecule has 5 heteroatoms. The van der Waals surface area contributed by atoms with Gasteiger partial charge in [-0.2, -0.15) is 0 Å². The molecule has 28 heavy (non-hydrogen) atoms. The van der Waals surface area contributed by atoms with Gasteiger partial charge in [0.25, 0.3) is 0 Å². The summed E-state index contributed by atoms with van der Waals surface area (Å²) in [4.78, 5) is 17.3. The van der Waals surface area contributed by atoms with E-state index < -0.39 is 0 Å². The predicted octanol–water partition coefficient (Wildman–Crippen LogP) is 2.72. The zero-order valence-corrected chi connectivity index (χ0v) is 17.1. The van der Waals surface area contributed by atoms with Crippen LogP contribution in [0.4, 0.5) is 5.69 Å². The van der Waals surface area contributed by atoms with Crippen molar-refractivity contribution in [1.82, 2.24) is 15.1 Å². The number of rotatable bonds is 9. The summed E-state index contributed by atoms with van der Waals surface area (Å²) in [5.41, 5.74) is 4.99. The molecule has 0 fully saturated rings. The number of amides is 1. The first kappa shape index (κ1) is 20.4. The van der Waals surface area contributed by atoms with E-state index in [0.29, 0.717) is 19.6 Å². The van der Waals surface area contributed by atoms with Gasteiger partial charge in [0.1, 0.15) is 0 Å². The number of carbonyl (C=O) groups is 1. The van der Waals surface area contributed by atoms with Gasteiger partial charge in [0.05, 0.1) is 6.54 Å². The van der Waals surface area contributed by atoms with E-state index in [0.717, 1.165) is 43.9 Å². The van der Waals surface area contributed by atoms with Crippen LogP contribution in [0.5, 0.6) is 0 Å². The van der Waals surface area contributed by atoms with Crippen molar-refractivity contribution in [3.63, 3.8) is 0 Å². The fraction of sp³-hybridized carbons (Fsp3) is 0.435. The predicted molar refractivity (Wildman–Crippen MR) is 115 cm³/mol. The molecule has 2 N–H and O–H groups in total. The molecule has 0 bridgehead atoms. The lowest BCUT2D eigenvalue weighted by Gasteiger charge is -2.29. The Morgan fingerprint density at radius 3 is 2.71 bits per heavy atom. The first-order valence-corrected chi connectivity index (χ1v) is 10.2. The molecule has 5 nitrogen and oxygen atoms in total. The van der Waals surface area contributed by atoms with E-state index in [4.69, 9.17) is 0 Å². The molecule has 0 radical (unpaired) electrons. The van der Waals surface area contributed by atoms with E-state index in [2.05, 4.69) is 52.8 Å². The molecular formula is C23H32N4O. The average Bonchev–Trinajstić information content (AvgIpc) is 2.75. The number of anilines is 1. The molecule has 0 aromatic heterocycles. The van der Waals surface area contributed by atoms with Gasteiger partial charge >= 0.3 is 0 Å². The largest absolute Gasteiger partial charge is 0.376 e. The van der Waals surface area contributed by atoms with Crippen LogP contribution in [-0.4, -0.2) is 55.5 Å². The summed E-state index contributed by atoms with van der Waals surface area (Å²) in [6.45, 7) is 7.76. The first-order chi connectivity index (χ1) is 13.7. The monoisotopic (exact) mass is 380 g/mol. The van der Waals surface area contributed by atoms with Gasteiger partial charge in [0.2, 0.25) is 5.91 Å². The molecule has 2 aromatic carbocycles. The summed E-state index contributed by atoms with van der Waals surface area (Å²) in [6, 6.07) is 16.6. The van der Waals surface area contributed by atoms with Crippen LogP contribution in [0.3, 0.4) is 0 Å². The lowest BCUT2D eigenvalue weighted by Crippen LogP contribution is -2.39. The molecule has 0 atom stereocenters. The highest BCUT2D eigenvalue weighted by Crippen LogP contribution is 2.26. The summed E-state index contributed by atoms with van der Waals surface area (Å²) in [6.07, 6.45) is 1.08. The normalized spacial score (nSPS) is 13.8. The van der Waals surface area contributed by atoms with Crippen LogP contribution in [0, 0.1) is 0 Å². The van der Waals surface area contributed by atoms with Gasteiger partial charge in [-0.1, -0.05) is 49.4 Å². The smallest absolute Gasteiger partial charge is 0.242 e. The van der Waals surface area contributed by atoms with E-state index in [1.807, 2.05) is 30.1 Å². The van der Waals surface area contributed by atoms with E-state index in [1.165, 1.54) is 11.1 Å². The highest BCUT2D eigenvalue weighted by atomic mass is 16.2. The number of nitrogens with zero attached hydrogens (tertiary/aromatic N) is 2. The van der Waals surface area contributed by atoms with Crippen LogP contribution in [0.2, 0.25) is 0 Å². The Morgan fingerprint density at radius 2 is 1.96 bits per heavy atom. The highest BCUT2D eigenvalue weighted by Gasteiger charge is 2.19. The topological polar surface area (TPSA) is 47.6 Å². The van der Waals surface area contributed by atoms with Crippen molar-refractivity contribution >= 4 is 11.6 Å². The van der Waals surface area contributed by atoms with E-state index in [9.17, 15) is 4.79 Å². The fourth-order valence-electron chi connectivity index (χ4n) is 3.70. The maximum Gasteiger partial charge on any atom is 0.242 e. The maximum atomic E-state index is 12.9. The molecule has 0 saturated carbocycles. The summed E-state index contributed by atoms with van der Waals surface area (Å²) >= 11 is 0. The van der Waals surface area contributed by atoms with Crippen molar-refractivity contribution in [2.24, 2.45) is 0 Å². The number of likely N-dealkylation sites (N-methyl/N-ethyl adjacent to an activating group) is 2. The Bertz CT molecular complexity index is 762. The lowest BCUT2D eigenvalue weighted by molar-refractivity contribution is -0.129. The van der Waals surface area contributed by atoms with Crippen molar-refractivity contribution in [3.05, 3.63) is 65.2 Å². The van der Waals surface area contributed by atoms with Crippen LogP contribution in [0.15, 0.2) is 48.5 Å². The quantitative estimate of drug-likeness (QED) is 0.702. The minimum atomic E-state index is 0.125. The van der Waals surface area contributed by atoms with Gasteiger partial charge in [0.15, 0.2) is 0 Å². The zero-order chi connectivity index (χ0) is 19.8. The summed E-state index contributed by atoms with van der Waals surface area (Å²) < 4.78 is 0. The van der Waals surface area contributed by atoms with Gasteiger partial charge in [-0.3, -0.25) is 9.69 Å². The Morgan fingerprint density at radius 1 is 1.14 bits per heavy atom. The summed E-state index contributed by atoms with van der Waals surface area (Å²) in [7, 11) is 1.92. The third-order valence-electron chi connectivity index (χ3n) is 5.43. The van der Waals surface area contributed by atoms with Crippen molar-refractivity contribution in [2.75, 3.05) is 45.1 Å². The second kappa shape index (κ2) is 10.2. The Balaban J connectivity index is 1.66. The molecule has 2 aromatic rings. The van der Waals surface area contributed by atoms with Gasteiger partial charge in [-0.25, -0.2) is 0 Å². The molecule has 3 rings (SSSR count). The molecule has 1 heterocycles. The van der Waals surface area contributed by atoms with Gasteiger partial charge in [-0.15, -0.1) is 0 Å². The first-order valence-electron chi connectivity index (χ1n) is 10.2. The molecule has 0 saturated heterocycles. The van der Waals surface area contributed by atoms with E-state index >= 15 is 0 Å². The second-order valence-electron chi connectivity index (χ2n) is 7.32. The van der Waals surface area contributed by atoms with E-state index in [-0.39, 0.29) is 5.91 Å². The van der Waals surface area contributed by atoms with Gasteiger partial charge < -0.3 is 15.5 Å². The van der Waals surface area contributed by atoms with Crippen LogP contribution < -0.4 is 10.6 Å². The van der Waals surface area contributed by atoms with Crippen molar-refractivity contribution in [2.45, 2.75) is 26.4 Å². The number of hydrogen-bond acceptors (Lipinski definition) is 4. The number of carbonyl (C=O) groups excluding carboxylic acids is 1. The molecule has 0 spiro atoms. The highest BCUT2D eigenvalue weighted by molar-refractivity contribution is 5.81. The average molecular weight is 381 g/mol. The third-order valence-corrected chi connectivity index (χ3v) is 5.43. The Labute approximate surface area is 168 Å². The minimum Gasteiger partial charge on any atom is -0.376 e. The molecule has 150 valence electrons. The molecule has 1 aliphatic rings. The Hall–Kier alpha value is -2.37. The molecule has 1 aliphatic heterocycles. The number of fused-ring (bicyclic) bond motifs is 1. The zero-order valence-electron chi connectivity index (χ0n) is 17.1. The van der Waals surface area contributed by atoms with Crippen LogP contribution in [-0.2, 0) is 24.3 Å². The van der Waals surface area contributed by atoms with Crippen LogP contribution in [0.25, 0.3) is 0 Å².